The molecule has 1 aromatic heterocycles. The van der Waals surface area contributed by atoms with E-state index in [9.17, 15) is 14.3 Å². The summed E-state index contributed by atoms with van der Waals surface area (Å²) in [6, 6.07) is 10.9. The number of nitrogens with one attached hydrogen (secondary N) is 1. The summed E-state index contributed by atoms with van der Waals surface area (Å²) < 4.78 is 19.2. The van der Waals surface area contributed by atoms with Crippen LogP contribution in [0, 0.1) is 5.82 Å². The fourth-order valence-corrected chi connectivity index (χ4v) is 4.03. The molecule has 6 nitrogen and oxygen atoms in total. The van der Waals surface area contributed by atoms with E-state index in [-0.39, 0.29) is 5.82 Å². The van der Waals surface area contributed by atoms with Gasteiger partial charge in [0.2, 0.25) is 0 Å². The lowest BCUT2D eigenvalue weighted by Crippen LogP contribution is -2.50. The summed E-state index contributed by atoms with van der Waals surface area (Å²) in [5.41, 5.74) is 1.27. The van der Waals surface area contributed by atoms with Crippen LogP contribution in [0.4, 0.5) is 4.39 Å². The summed E-state index contributed by atoms with van der Waals surface area (Å²) in [4.78, 5) is 19.3. The third-order valence-electron chi connectivity index (χ3n) is 5.47. The molecule has 1 aliphatic heterocycles. The van der Waals surface area contributed by atoms with Crippen LogP contribution in [-0.4, -0.2) is 65.2 Å². The minimum absolute atomic E-state index is 0.350. The van der Waals surface area contributed by atoms with Gasteiger partial charge >= 0.3 is 5.97 Å². The Balaban J connectivity index is 1.35. The molecule has 1 saturated heterocycles. The van der Waals surface area contributed by atoms with E-state index < -0.39 is 12.0 Å². The van der Waals surface area contributed by atoms with Crippen molar-refractivity contribution in [2.24, 2.45) is 0 Å². The number of hydrogen-bond donors (Lipinski definition) is 2. The molecular weight excluding hydrogens is 409 g/mol. The van der Waals surface area contributed by atoms with Gasteiger partial charge in [-0.05, 0) is 42.5 Å². The average Bonchev–Trinajstić information content (AvgIpc) is 3.13. The van der Waals surface area contributed by atoms with E-state index in [4.69, 9.17) is 16.3 Å². The number of aromatic nitrogens is 1. The van der Waals surface area contributed by atoms with Crippen molar-refractivity contribution in [3.8, 4) is 5.75 Å². The molecule has 8 heteroatoms. The first-order valence-electron chi connectivity index (χ1n) is 9.85. The van der Waals surface area contributed by atoms with Crippen LogP contribution in [0.3, 0.4) is 0 Å². The first-order chi connectivity index (χ1) is 14.5. The van der Waals surface area contributed by atoms with Gasteiger partial charge in [-0.1, -0.05) is 11.6 Å². The molecule has 1 atom stereocenters. The van der Waals surface area contributed by atoms with E-state index in [1.54, 1.807) is 24.4 Å². The maximum absolute atomic E-state index is 13.5. The lowest BCUT2D eigenvalue weighted by molar-refractivity contribution is -0.144. The highest BCUT2D eigenvalue weighted by Gasteiger charge is 2.32. The Bertz CT molecular complexity index is 1020. The number of carbonyl (C=O) groups is 1. The first-order valence-corrected chi connectivity index (χ1v) is 10.2. The molecule has 0 saturated carbocycles. The highest BCUT2D eigenvalue weighted by molar-refractivity contribution is 6.30. The van der Waals surface area contributed by atoms with Crippen LogP contribution in [-0.2, 0) is 4.79 Å². The smallest absolute Gasteiger partial charge is 0.325 e. The molecule has 2 heterocycles. The topological polar surface area (TPSA) is 68.8 Å². The quantitative estimate of drug-likeness (QED) is 0.595. The molecule has 3 aromatic rings. The fraction of sp³-hybridized carbons (Fsp3) is 0.318. The highest BCUT2D eigenvalue weighted by atomic mass is 35.5. The van der Waals surface area contributed by atoms with Gasteiger partial charge in [0.1, 0.15) is 24.2 Å². The van der Waals surface area contributed by atoms with Gasteiger partial charge in [0, 0.05) is 60.4 Å². The Hall–Kier alpha value is -2.61. The minimum Gasteiger partial charge on any atom is -0.492 e. The lowest BCUT2D eigenvalue weighted by atomic mass is 10.0. The van der Waals surface area contributed by atoms with Gasteiger partial charge < -0.3 is 14.8 Å². The minimum atomic E-state index is -0.903. The maximum atomic E-state index is 13.5. The zero-order valence-corrected chi connectivity index (χ0v) is 17.1. The number of piperazine rings is 1. The standard InChI is InChI=1S/C22H23ClFN3O3/c23-15-1-4-17(5-2-15)30-12-11-26-7-9-27(10-8-26)21(22(28)29)19-14-25-20-13-16(24)3-6-18(19)20/h1-6,13-14,21,25H,7-12H2,(H,28,29). The van der Waals surface area contributed by atoms with E-state index in [0.717, 1.165) is 30.8 Å². The predicted octanol–water partition coefficient (Wildman–Crippen LogP) is 3.78. The van der Waals surface area contributed by atoms with E-state index in [1.807, 2.05) is 17.0 Å². The van der Waals surface area contributed by atoms with Crippen LogP contribution in [0.2, 0.25) is 5.02 Å². The molecular formula is C22H23ClFN3O3. The lowest BCUT2D eigenvalue weighted by Gasteiger charge is -2.37. The predicted molar refractivity (Wildman–Crippen MR) is 114 cm³/mol. The number of aromatic amines is 1. The van der Waals surface area contributed by atoms with E-state index in [2.05, 4.69) is 9.88 Å². The van der Waals surface area contributed by atoms with Crippen LogP contribution in [0.15, 0.2) is 48.7 Å². The van der Waals surface area contributed by atoms with Gasteiger partial charge in [-0.15, -0.1) is 0 Å². The van der Waals surface area contributed by atoms with Gasteiger partial charge in [-0.2, -0.15) is 0 Å². The molecule has 158 valence electrons. The van der Waals surface area contributed by atoms with Crippen molar-refractivity contribution in [1.82, 2.24) is 14.8 Å². The van der Waals surface area contributed by atoms with Crippen molar-refractivity contribution in [2.45, 2.75) is 6.04 Å². The fourth-order valence-electron chi connectivity index (χ4n) is 3.90. The number of hydrogen-bond acceptors (Lipinski definition) is 4. The largest absolute Gasteiger partial charge is 0.492 e. The Morgan fingerprint density at radius 1 is 1.17 bits per heavy atom. The van der Waals surface area contributed by atoms with Crippen molar-refractivity contribution in [3.05, 3.63) is 65.1 Å². The summed E-state index contributed by atoms with van der Waals surface area (Å²) in [6.45, 7) is 4.09. The number of halogens is 2. The van der Waals surface area contributed by atoms with E-state index >= 15 is 0 Å². The molecule has 0 bridgehead atoms. The van der Waals surface area contributed by atoms with Crippen molar-refractivity contribution >= 4 is 28.5 Å². The maximum Gasteiger partial charge on any atom is 0.325 e. The number of H-pyrrole nitrogens is 1. The molecule has 0 spiro atoms. The molecule has 1 unspecified atom stereocenters. The summed E-state index contributed by atoms with van der Waals surface area (Å²) >= 11 is 5.88. The third-order valence-corrected chi connectivity index (χ3v) is 5.72. The van der Waals surface area contributed by atoms with Gasteiger partial charge in [0.05, 0.1) is 0 Å². The number of fused-ring (bicyclic) bond motifs is 1. The third kappa shape index (κ3) is 4.59. The number of nitrogens with zero attached hydrogens (tertiary/aromatic N) is 2. The van der Waals surface area contributed by atoms with Crippen LogP contribution in [0.25, 0.3) is 10.9 Å². The van der Waals surface area contributed by atoms with E-state index in [1.165, 1.54) is 12.1 Å². The molecule has 1 aliphatic rings. The van der Waals surface area contributed by atoms with Crippen molar-refractivity contribution in [1.29, 1.82) is 0 Å². The normalized spacial score (nSPS) is 16.6. The zero-order valence-electron chi connectivity index (χ0n) is 16.4. The summed E-state index contributed by atoms with van der Waals surface area (Å²) in [5, 5.41) is 11.3. The van der Waals surface area contributed by atoms with Crippen molar-refractivity contribution in [3.63, 3.8) is 0 Å². The number of benzene rings is 2. The molecule has 0 radical (unpaired) electrons. The van der Waals surface area contributed by atoms with Gasteiger partial charge in [0.15, 0.2) is 0 Å². The molecule has 30 heavy (non-hydrogen) atoms. The summed E-state index contributed by atoms with van der Waals surface area (Å²) in [6.07, 6.45) is 1.68. The molecule has 0 aliphatic carbocycles. The zero-order chi connectivity index (χ0) is 21.1. The number of carboxylic acid groups (broad SMARTS) is 1. The highest BCUT2D eigenvalue weighted by Crippen LogP contribution is 2.30. The molecule has 0 amide bonds. The van der Waals surface area contributed by atoms with Crippen LogP contribution in [0.5, 0.6) is 5.75 Å². The summed E-state index contributed by atoms with van der Waals surface area (Å²) in [5.74, 6) is -0.475. The van der Waals surface area contributed by atoms with Gasteiger partial charge in [-0.3, -0.25) is 14.6 Å². The van der Waals surface area contributed by atoms with Crippen molar-refractivity contribution in [2.75, 3.05) is 39.3 Å². The average molecular weight is 432 g/mol. The monoisotopic (exact) mass is 431 g/mol. The second-order valence-electron chi connectivity index (χ2n) is 7.35. The Morgan fingerprint density at radius 2 is 1.90 bits per heavy atom. The number of ether oxygens (including phenoxy) is 1. The second-order valence-corrected chi connectivity index (χ2v) is 7.79. The molecule has 2 aromatic carbocycles. The Kier molecular flexibility index (Phi) is 6.22. The van der Waals surface area contributed by atoms with Crippen LogP contribution in [0.1, 0.15) is 11.6 Å². The van der Waals surface area contributed by atoms with E-state index in [0.29, 0.717) is 35.8 Å². The molecule has 2 N–H and O–H groups in total. The van der Waals surface area contributed by atoms with Gasteiger partial charge in [-0.25, -0.2) is 4.39 Å². The second kappa shape index (κ2) is 9.04. The van der Waals surface area contributed by atoms with Gasteiger partial charge in [0.25, 0.3) is 0 Å². The molecule has 4 rings (SSSR count). The molecule has 1 fully saturated rings. The SMILES string of the molecule is O=C(O)C(c1c[nH]c2cc(F)ccc12)N1CCN(CCOc2ccc(Cl)cc2)CC1. The van der Waals surface area contributed by atoms with Crippen LogP contribution >= 0.6 is 11.6 Å². The number of aliphatic carboxylic acids is 1. The number of rotatable bonds is 7. The Labute approximate surface area is 178 Å². The van der Waals surface area contributed by atoms with Crippen LogP contribution < -0.4 is 4.74 Å². The van der Waals surface area contributed by atoms with Crippen molar-refractivity contribution < 1.29 is 19.0 Å². The number of carboxylic acids is 1. The summed E-state index contributed by atoms with van der Waals surface area (Å²) in [7, 11) is 0. The first kappa shape index (κ1) is 20.7. The Morgan fingerprint density at radius 3 is 2.60 bits per heavy atom.